The van der Waals surface area contributed by atoms with Gasteiger partial charge in [0.2, 0.25) is 5.88 Å². The van der Waals surface area contributed by atoms with Gasteiger partial charge in [-0.2, -0.15) is 0 Å². The van der Waals surface area contributed by atoms with Gasteiger partial charge in [0.25, 0.3) is 0 Å². The zero-order valence-electron chi connectivity index (χ0n) is 8.88. The highest BCUT2D eigenvalue weighted by Crippen LogP contribution is 2.25. The van der Waals surface area contributed by atoms with Gasteiger partial charge < -0.3 is 9.84 Å². The largest absolute Gasteiger partial charge is 0.481 e. The van der Waals surface area contributed by atoms with Gasteiger partial charge in [-0.15, -0.1) is 0 Å². The number of hydrogen-bond acceptors (Lipinski definition) is 3. The molecule has 5 nitrogen and oxygen atoms in total. The number of nitrogens with zero attached hydrogens (tertiary/aromatic N) is 2. The number of aromatic nitrogens is 1. The smallest absolute Gasteiger partial charge is 0.411 e. The van der Waals surface area contributed by atoms with E-state index >= 15 is 0 Å². The first-order valence-electron chi connectivity index (χ1n) is 4.91. The van der Waals surface area contributed by atoms with E-state index in [1.54, 1.807) is 25.6 Å². The Morgan fingerprint density at radius 1 is 1.56 bits per heavy atom. The molecule has 0 spiro atoms. The van der Waals surface area contributed by atoms with Crippen molar-refractivity contribution in [3.63, 3.8) is 0 Å². The van der Waals surface area contributed by atoms with Crippen molar-refractivity contribution in [2.24, 2.45) is 0 Å². The normalized spacial score (nSPS) is 14.8. The quantitative estimate of drug-likeness (QED) is 0.825. The van der Waals surface area contributed by atoms with Gasteiger partial charge in [-0.05, 0) is 23.6 Å². The number of rotatable bonds is 2. The molecule has 2 heterocycles. The Morgan fingerprint density at radius 3 is 2.88 bits per heavy atom. The molecular formula is C11H12N2O3. The molecule has 0 fully saturated rings. The van der Waals surface area contributed by atoms with Crippen LogP contribution < -0.4 is 4.74 Å². The van der Waals surface area contributed by atoms with Gasteiger partial charge in [0, 0.05) is 25.0 Å². The number of methoxy groups -OCH3 is 1. The van der Waals surface area contributed by atoms with Crippen LogP contribution in [0.5, 0.6) is 5.88 Å². The second-order valence-corrected chi connectivity index (χ2v) is 3.47. The number of ether oxygens (including phenoxy) is 1. The molecule has 1 aliphatic heterocycles. The highest BCUT2D eigenvalue weighted by molar-refractivity contribution is 5.75. The van der Waals surface area contributed by atoms with Gasteiger partial charge in [-0.1, -0.05) is 0 Å². The van der Waals surface area contributed by atoms with Gasteiger partial charge in [0.1, 0.15) is 0 Å². The Labute approximate surface area is 93.0 Å². The average molecular weight is 220 g/mol. The molecule has 2 rings (SSSR count). The third-order valence-electron chi connectivity index (χ3n) is 2.50. The van der Waals surface area contributed by atoms with Crippen LogP contribution in [-0.2, 0) is 0 Å². The lowest BCUT2D eigenvalue weighted by molar-refractivity contribution is 0.166. The summed E-state index contributed by atoms with van der Waals surface area (Å²) in [5.74, 6) is 0.553. The fourth-order valence-electron chi connectivity index (χ4n) is 1.62. The summed E-state index contributed by atoms with van der Waals surface area (Å²) in [6.45, 7) is 0.511. The number of carboxylic acid groups (broad SMARTS) is 1. The Balaban J connectivity index is 2.19. The van der Waals surface area contributed by atoms with E-state index in [0.29, 0.717) is 12.4 Å². The fraction of sp³-hybridized carbons (Fsp3) is 0.273. The van der Waals surface area contributed by atoms with Crippen LogP contribution in [-0.4, -0.2) is 34.7 Å². The Morgan fingerprint density at radius 2 is 2.38 bits per heavy atom. The molecule has 1 aliphatic rings. The van der Waals surface area contributed by atoms with Crippen LogP contribution in [0, 0.1) is 0 Å². The molecule has 1 aromatic rings. The highest BCUT2D eigenvalue weighted by Gasteiger charge is 2.18. The first-order valence-corrected chi connectivity index (χ1v) is 4.91. The van der Waals surface area contributed by atoms with Crippen molar-refractivity contribution >= 4 is 11.7 Å². The van der Waals surface area contributed by atoms with Crippen molar-refractivity contribution < 1.29 is 14.6 Å². The molecule has 0 unspecified atom stereocenters. The van der Waals surface area contributed by atoms with Crippen LogP contribution in [0.4, 0.5) is 4.79 Å². The number of pyridine rings is 1. The third-order valence-corrected chi connectivity index (χ3v) is 2.50. The lowest BCUT2D eigenvalue weighted by atomic mass is 10.1. The Hall–Kier alpha value is -2.04. The lowest BCUT2D eigenvalue weighted by Gasteiger charge is -2.05. The maximum absolute atomic E-state index is 10.7. The number of amides is 1. The van der Waals surface area contributed by atoms with Crippen LogP contribution in [0.15, 0.2) is 24.5 Å². The summed E-state index contributed by atoms with van der Waals surface area (Å²) in [6, 6.07) is 3.64. The van der Waals surface area contributed by atoms with E-state index in [-0.39, 0.29) is 0 Å². The van der Waals surface area contributed by atoms with Crippen LogP contribution in [0.3, 0.4) is 0 Å². The van der Waals surface area contributed by atoms with Crippen LogP contribution in [0.1, 0.15) is 12.0 Å². The monoisotopic (exact) mass is 220 g/mol. The molecule has 0 aliphatic carbocycles. The second-order valence-electron chi connectivity index (χ2n) is 3.47. The Kier molecular flexibility index (Phi) is 2.76. The first-order chi connectivity index (χ1) is 7.70. The summed E-state index contributed by atoms with van der Waals surface area (Å²) in [4.78, 5) is 16.1. The van der Waals surface area contributed by atoms with Crippen LogP contribution in [0.2, 0.25) is 0 Å². The van der Waals surface area contributed by atoms with E-state index in [2.05, 4.69) is 4.98 Å². The number of carbonyl (C=O) groups is 1. The van der Waals surface area contributed by atoms with Crippen molar-refractivity contribution in [2.45, 2.75) is 6.42 Å². The molecule has 5 heteroatoms. The van der Waals surface area contributed by atoms with Crippen molar-refractivity contribution in [1.82, 2.24) is 9.88 Å². The molecule has 1 N–H and O–H groups in total. The van der Waals surface area contributed by atoms with E-state index < -0.39 is 6.09 Å². The van der Waals surface area contributed by atoms with Gasteiger partial charge >= 0.3 is 6.09 Å². The molecule has 0 aromatic carbocycles. The zero-order chi connectivity index (χ0) is 11.5. The fourth-order valence-corrected chi connectivity index (χ4v) is 1.62. The molecule has 16 heavy (non-hydrogen) atoms. The topological polar surface area (TPSA) is 62.7 Å². The molecule has 0 saturated carbocycles. The first kappa shape index (κ1) is 10.5. The molecular weight excluding hydrogens is 208 g/mol. The summed E-state index contributed by atoms with van der Waals surface area (Å²) in [5, 5.41) is 8.81. The van der Waals surface area contributed by atoms with Crippen LogP contribution in [0.25, 0.3) is 5.57 Å². The highest BCUT2D eigenvalue weighted by atomic mass is 16.5. The minimum absolute atomic E-state index is 0.511. The van der Waals surface area contributed by atoms with Crippen LogP contribution >= 0.6 is 0 Å². The maximum Gasteiger partial charge on any atom is 0.411 e. The predicted octanol–water partition coefficient (Wildman–Crippen LogP) is 1.81. The average Bonchev–Trinajstić information content (AvgIpc) is 2.78. The minimum Gasteiger partial charge on any atom is -0.481 e. The van der Waals surface area contributed by atoms with Crippen molar-refractivity contribution in [1.29, 1.82) is 0 Å². The van der Waals surface area contributed by atoms with E-state index in [9.17, 15) is 4.79 Å². The van der Waals surface area contributed by atoms with Crippen molar-refractivity contribution in [3.8, 4) is 5.88 Å². The molecule has 1 aromatic heterocycles. The van der Waals surface area contributed by atoms with Gasteiger partial charge in [0.05, 0.1) is 7.11 Å². The van der Waals surface area contributed by atoms with E-state index in [0.717, 1.165) is 17.6 Å². The number of hydrogen-bond donors (Lipinski definition) is 1. The molecule has 0 bridgehead atoms. The zero-order valence-corrected chi connectivity index (χ0v) is 8.88. The van der Waals surface area contributed by atoms with E-state index in [4.69, 9.17) is 9.84 Å². The van der Waals surface area contributed by atoms with E-state index in [1.165, 1.54) is 4.90 Å². The molecule has 0 saturated heterocycles. The Bertz CT molecular complexity index is 425. The molecule has 0 atom stereocenters. The second kappa shape index (κ2) is 4.22. The standard InChI is InChI=1S/C11H12N2O3/c1-16-10-3-2-8(6-12-10)9-4-5-13(7-9)11(14)15/h2-3,6-7H,4-5H2,1H3,(H,14,15). The molecule has 0 radical (unpaired) electrons. The summed E-state index contributed by atoms with van der Waals surface area (Å²) in [5.41, 5.74) is 1.92. The summed E-state index contributed by atoms with van der Waals surface area (Å²) in [6.07, 6.45) is 3.14. The molecule has 84 valence electrons. The van der Waals surface area contributed by atoms with Crippen molar-refractivity contribution in [2.75, 3.05) is 13.7 Å². The van der Waals surface area contributed by atoms with Crippen molar-refractivity contribution in [3.05, 3.63) is 30.1 Å². The van der Waals surface area contributed by atoms with Gasteiger partial charge in [-0.25, -0.2) is 9.78 Å². The lowest BCUT2D eigenvalue weighted by Crippen LogP contribution is -2.20. The van der Waals surface area contributed by atoms with Gasteiger partial charge in [-0.3, -0.25) is 4.90 Å². The SMILES string of the molecule is COc1ccc(C2=CN(C(=O)O)CC2)cn1. The predicted molar refractivity (Wildman–Crippen MR) is 58.1 cm³/mol. The maximum atomic E-state index is 10.7. The van der Waals surface area contributed by atoms with Gasteiger partial charge in [0.15, 0.2) is 0 Å². The minimum atomic E-state index is -0.920. The summed E-state index contributed by atoms with van der Waals surface area (Å²) < 4.78 is 4.96. The van der Waals surface area contributed by atoms with E-state index in [1.807, 2.05) is 6.07 Å². The summed E-state index contributed by atoms with van der Waals surface area (Å²) >= 11 is 0. The molecule has 1 amide bonds. The summed E-state index contributed by atoms with van der Waals surface area (Å²) in [7, 11) is 1.56. The third kappa shape index (κ3) is 1.98.